The molecule has 2 amide bonds. The minimum absolute atomic E-state index is 0.0143. The molecular formula is C15H26N2O3. The van der Waals surface area contributed by atoms with Crippen molar-refractivity contribution in [1.29, 1.82) is 0 Å². The van der Waals surface area contributed by atoms with Crippen LogP contribution in [0.15, 0.2) is 0 Å². The van der Waals surface area contributed by atoms with Gasteiger partial charge in [0, 0.05) is 6.54 Å². The third kappa shape index (κ3) is 2.97. The van der Waals surface area contributed by atoms with Gasteiger partial charge in [-0.25, -0.2) is 0 Å². The highest BCUT2D eigenvalue weighted by Crippen LogP contribution is 2.30. The zero-order chi connectivity index (χ0) is 15.1. The van der Waals surface area contributed by atoms with E-state index < -0.39 is 12.1 Å². The first-order valence-electron chi connectivity index (χ1n) is 7.50. The molecule has 1 N–H and O–H groups in total. The zero-order valence-electron chi connectivity index (χ0n) is 13.1. The van der Waals surface area contributed by atoms with Crippen molar-refractivity contribution in [3.05, 3.63) is 0 Å². The van der Waals surface area contributed by atoms with Crippen LogP contribution in [-0.4, -0.2) is 47.0 Å². The minimum Gasteiger partial charge on any atom is -0.371 e. The number of rotatable bonds is 3. The highest BCUT2D eigenvalue weighted by Gasteiger charge is 2.42. The van der Waals surface area contributed by atoms with Crippen LogP contribution >= 0.6 is 0 Å². The van der Waals surface area contributed by atoms with E-state index in [2.05, 4.69) is 19.2 Å². The molecular weight excluding hydrogens is 256 g/mol. The molecule has 2 saturated heterocycles. The SMILES string of the molecule is CC(C)C1NC(=O)C(C)N(CC2CCC(C)(C)O2)C1=O. The van der Waals surface area contributed by atoms with Crippen molar-refractivity contribution in [3.8, 4) is 0 Å². The maximum Gasteiger partial charge on any atom is 0.246 e. The lowest BCUT2D eigenvalue weighted by molar-refractivity contribution is -0.152. The Kier molecular flexibility index (Phi) is 4.09. The summed E-state index contributed by atoms with van der Waals surface area (Å²) >= 11 is 0. The lowest BCUT2D eigenvalue weighted by Crippen LogP contribution is -2.64. The fourth-order valence-electron chi connectivity index (χ4n) is 2.97. The minimum atomic E-state index is -0.412. The van der Waals surface area contributed by atoms with Gasteiger partial charge in [-0.05, 0) is 39.5 Å². The number of carbonyl (C=O) groups is 2. The smallest absolute Gasteiger partial charge is 0.246 e. The van der Waals surface area contributed by atoms with E-state index in [0.717, 1.165) is 12.8 Å². The number of amides is 2. The molecule has 114 valence electrons. The summed E-state index contributed by atoms with van der Waals surface area (Å²) in [7, 11) is 0. The fourth-order valence-corrected chi connectivity index (χ4v) is 2.97. The van der Waals surface area contributed by atoms with Crippen LogP contribution in [-0.2, 0) is 14.3 Å². The Morgan fingerprint density at radius 1 is 1.40 bits per heavy atom. The summed E-state index contributed by atoms with van der Waals surface area (Å²) in [5.74, 6) is 0.0448. The molecule has 0 aliphatic carbocycles. The topological polar surface area (TPSA) is 58.6 Å². The molecule has 3 unspecified atom stereocenters. The van der Waals surface area contributed by atoms with E-state index in [9.17, 15) is 9.59 Å². The summed E-state index contributed by atoms with van der Waals surface area (Å²) in [5.41, 5.74) is -0.119. The molecule has 2 aliphatic heterocycles. The maximum atomic E-state index is 12.5. The van der Waals surface area contributed by atoms with Crippen LogP contribution in [0.4, 0.5) is 0 Å². The summed E-state index contributed by atoms with van der Waals surface area (Å²) in [6.07, 6.45) is 1.97. The van der Waals surface area contributed by atoms with Gasteiger partial charge in [0.25, 0.3) is 0 Å². The molecule has 2 heterocycles. The number of carbonyl (C=O) groups excluding carboxylic acids is 2. The lowest BCUT2D eigenvalue weighted by Gasteiger charge is -2.40. The van der Waals surface area contributed by atoms with E-state index in [1.807, 2.05) is 13.8 Å². The van der Waals surface area contributed by atoms with Crippen LogP contribution in [0.3, 0.4) is 0 Å². The second-order valence-electron chi connectivity index (χ2n) is 6.94. The van der Waals surface area contributed by atoms with Gasteiger partial charge in [0.1, 0.15) is 12.1 Å². The van der Waals surface area contributed by atoms with Crippen LogP contribution in [0, 0.1) is 5.92 Å². The van der Waals surface area contributed by atoms with Gasteiger partial charge in [0.2, 0.25) is 11.8 Å². The largest absolute Gasteiger partial charge is 0.371 e. The van der Waals surface area contributed by atoms with E-state index in [1.165, 1.54) is 0 Å². The molecule has 20 heavy (non-hydrogen) atoms. The first-order valence-corrected chi connectivity index (χ1v) is 7.50. The second kappa shape index (κ2) is 5.35. The third-order valence-corrected chi connectivity index (χ3v) is 4.31. The van der Waals surface area contributed by atoms with Crippen LogP contribution in [0.25, 0.3) is 0 Å². The van der Waals surface area contributed by atoms with E-state index in [1.54, 1.807) is 11.8 Å². The molecule has 0 radical (unpaired) electrons. The van der Waals surface area contributed by atoms with Gasteiger partial charge in [-0.2, -0.15) is 0 Å². The van der Waals surface area contributed by atoms with Gasteiger partial charge in [-0.1, -0.05) is 13.8 Å². The van der Waals surface area contributed by atoms with E-state index in [4.69, 9.17) is 4.74 Å². The van der Waals surface area contributed by atoms with Crippen LogP contribution < -0.4 is 5.32 Å². The van der Waals surface area contributed by atoms with Crippen molar-refractivity contribution in [3.63, 3.8) is 0 Å². The zero-order valence-corrected chi connectivity index (χ0v) is 13.1. The Morgan fingerprint density at radius 2 is 2.05 bits per heavy atom. The molecule has 5 nitrogen and oxygen atoms in total. The Morgan fingerprint density at radius 3 is 2.55 bits per heavy atom. The summed E-state index contributed by atoms with van der Waals surface area (Å²) in [6, 6.07) is -0.821. The first-order chi connectivity index (χ1) is 9.21. The Balaban J connectivity index is 2.08. The maximum absolute atomic E-state index is 12.5. The van der Waals surface area contributed by atoms with Crippen molar-refractivity contribution in [2.45, 2.75) is 71.2 Å². The summed E-state index contributed by atoms with van der Waals surface area (Å²) < 4.78 is 5.95. The fraction of sp³-hybridized carbons (Fsp3) is 0.867. The molecule has 3 atom stereocenters. The molecule has 5 heteroatoms. The number of hydrogen-bond acceptors (Lipinski definition) is 3. The Hall–Kier alpha value is -1.10. The van der Waals surface area contributed by atoms with Gasteiger partial charge >= 0.3 is 0 Å². The van der Waals surface area contributed by atoms with Gasteiger partial charge in [-0.15, -0.1) is 0 Å². The van der Waals surface area contributed by atoms with Crippen LogP contribution in [0.2, 0.25) is 0 Å². The molecule has 0 aromatic carbocycles. The molecule has 0 aromatic rings. The average Bonchev–Trinajstić information content (AvgIpc) is 2.68. The molecule has 0 bridgehead atoms. The standard InChI is InChI=1S/C15H26N2O3/c1-9(2)12-14(19)17(10(3)13(18)16-12)8-11-6-7-15(4,5)20-11/h9-12H,6-8H2,1-5H3,(H,16,18). The summed E-state index contributed by atoms with van der Waals surface area (Å²) in [5, 5.41) is 2.82. The van der Waals surface area contributed by atoms with E-state index in [-0.39, 0.29) is 29.4 Å². The number of nitrogens with one attached hydrogen (secondary N) is 1. The highest BCUT2D eigenvalue weighted by molar-refractivity contribution is 5.96. The van der Waals surface area contributed by atoms with Gasteiger partial charge in [-0.3, -0.25) is 9.59 Å². The normalized spacial score (nSPS) is 33.7. The lowest BCUT2D eigenvalue weighted by atomic mass is 9.97. The monoisotopic (exact) mass is 282 g/mol. The predicted octanol–water partition coefficient (Wildman–Crippen LogP) is 1.32. The summed E-state index contributed by atoms with van der Waals surface area (Å²) in [4.78, 5) is 26.2. The Labute approximate surface area is 121 Å². The summed E-state index contributed by atoms with van der Waals surface area (Å²) in [6.45, 7) is 10.3. The van der Waals surface area contributed by atoms with Crippen molar-refractivity contribution < 1.29 is 14.3 Å². The first kappa shape index (κ1) is 15.3. The number of ether oxygens (including phenoxy) is 1. The van der Waals surface area contributed by atoms with Gasteiger partial charge in [0.05, 0.1) is 11.7 Å². The molecule has 2 rings (SSSR count). The molecule has 0 aromatic heterocycles. The molecule has 0 saturated carbocycles. The van der Waals surface area contributed by atoms with Crippen LogP contribution in [0.5, 0.6) is 0 Å². The van der Waals surface area contributed by atoms with E-state index in [0.29, 0.717) is 6.54 Å². The van der Waals surface area contributed by atoms with Crippen molar-refractivity contribution >= 4 is 11.8 Å². The highest BCUT2D eigenvalue weighted by atomic mass is 16.5. The third-order valence-electron chi connectivity index (χ3n) is 4.31. The van der Waals surface area contributed by atoms with Crippen LogP contribution in [0.1, 0.15) is 47.5 Å². The number of piperazine rings is 1. The number of nitrogens with zero attached hydrogens (tertiary/aromatic N) is 1. The molecule has 2 fully saturated rings. The molecule has 0 spiro atoms. The van der Waals surface area contributed by atoms with Crippen molar-refractivity contribution in [2.75, 3.05) is 6.54 Å². The molecule has 2 aliphatic rings. The Bertz CT molecular complexity index is 406. The van der Waals surface area contributed by atoms with Crippen molar-refractivity contribution in [2.24, 2.45) is 5.92 Å². The van der Waals surface area contributed by atoms with Crippen molar-refractivity contribution in [1.82, 2.24) is 10.2 Å². The predicted molar refractivity (Wildman–Crippen MR) is 76.1 cm³/mol. The number of hydrogen-bond donors (Lipinski definition) is 1. The quantitative estimate of drug-likeness (QED) is 0.849. The van der Waals surface area contributed by atoms with Gasteiger partial charge in [0.15, 0.2) is 0 Å². The average molecular weight is 282 g/mol. The second-order valence-corrected chi connectivity index (χ2v) is 6.94. The van der Waals surface area contributed by atoms with Gasteiger partial charge < -0.3 is 15.0 Å². The van der Waals surface area contributed by atoms with E-state index >= 15 is 0 Å².